The second-order valence-electron chi connectivity index (χ2n) is 4.90. The fourth-order valence-electron chi connectivity index (χ4n) is 2.62. The molecule has 3 nitrogen and oxygen atoms in total. The molecule has 0 aliphatic rings. The van der Waals surface area contributed by atoms with Crippen LogP contribution in [-0.4, -0.2) is 20.4 Å². The summed E-state index contributed by atoms with van der Waals surface area (Å²) in [7, 11) is 0. The molecular formula is C16H15Cl2N3. The van der Waals surface area contributed by atoms with Crippen LogP contribution in [0.1, 0.15) is 24.4 Å². The molecule has 1 unspecified atom stereocenters. The van der Waals surface area contributed by atoms with Crippen molar-refractivity contribution in [1.29, 1.82) is 0 Å². The third-order valence-electron chi connectivity index (χ3n) is 3.64. The van der Waals surface area contributed by atoms with Crippen molar-refractivity contribution in [3.8, 4) is 0 Å². The minimum Gasteiger partial charge on any atom is -0.321 e. The maximum Gasteiger partial charge on any atom is 0.111 e. The summed E-state index contributed by atoms with van der Waals surface area (Å²) in [4.78, 5) is 8.76. The van der Waals surface area contributed by atoms with Gasteiger partial charge in [-0.3, -0.25) is 4.98 Å². The van der Waals surface area contributed by atoms with Crippen molar-refractivity contribution in [3.63, 3.8) is 0 Å². The summed E-state index contributed by atoms with van der Waals surface area (Å²) in [5, 5.41) is 0.670. The summed E-state index contributed by atoms with van der Waals surface area (Å²) < 4.78 is 2.21. The highest BCUT2D eigenvalue weighted by Gasteiger charge is 2.18. The van der Waals surface area contributed by atoms with E-state index in [2.05, 4.69) is 21.5 Å². The molecule has 21 heavy (non-hydrogen) atoms. The van der Waals surface area contributed by atoms with Crippen molar-refractivity contribution >= 4 is 34.2 Å². The Morgan fingerprint density at radius 3 is 2.67 bits per heavy atom. The Labute approximate surface area is 133 Å². The summed E-state index contributed by atoms with van der Waals surface area (Å²) in [5.74, 6) is 1.49. The molecule has 1 aromatic carbocycles. The molecule has 3 rings (SSSR count). The fraction of sp³-hybridized carbons (Fsp3) is 0.250. The molecule has 0 bridgehead atoms. The number of imidazole rings is 1. The van der Waals surface area contributed by atoms with Gasteiger partial charge in [0.1, 0.15) is 11.3 Å². The predicted molar refractivity (Wildman–Crippen MR) is 87.2 cm³/mol. The molecule has 3 aromatic rings. The van der Waals surface area contributed by atoms with Crippen LogP contribution in [0.25, 0.3) is 11.0 Å². The second-order valence-corrected chi connectivity index (χ2v) is 5.69. The Morgan fingerprint density at radius 2 is 1.95 bits per heavy atom. The summed E-state index contributed by atoms with van der Waals surface area (Å²) in [6.45, 7) is 2.15. The number of hydrogen-bond donors (Lipinski definition) is 0. The van der Waals surface area contributed by atoms with Crippen LogP contribution in [0.4, 0.5) is 0 Å². The van der Waals surface area contributed by atoms with Gasteiger partial charge in [-0.1, -0.05) is 17.7 Å². The maximum atomic E-state index is 6.27. The van der Waals surface area contributed by atoms with Crippen molar-refractivity contribution in [3.05, 3.63) is 59.1 Å². The SMILES string of the molecule is CC(c1ccncc1)n1c(CCCl)nc2c(Cl)cccc21. The minimum atomic E-state index is 0.148. The van der Waals surface area contributed by atoms with Gasteiger partial charge in [0.25, 0.3) is 0 Å². The van der Waals surface area contributed by atoms with Gasteiger partial charge in [0.05, 0.1) is 16.6 Å². The lowest BCUT2D eigenvalue weighted by atomic mass is 10.1. The number of rotatable bonds is 4. The number of hydrogen-bond acceptors (Lipinski definition) is 2. The third kappa shape index (κ3) is 2.63. The fourth-order valence-corrected chi connectivity index (χ4v) is 3.00. The van der Waals surface area contributed by atoms with Crippen LogP contribution in [0.2, 0.25) is 5.02 Å². The van der Waals surface area contributed by atoms with E-state index in [1.54, 1.807) is 12.4 Å². The average molecular weight is 320 g/mol. The molecule has 0 saturated heterocycles. The number of aromatic nitrogens is 3. The van der Waals surface area contributed by atoms with Crippen LogP contribution in [0.3, 0.4) is 0 Å². The van der Waals surface area contributed by atoms with Gasteiger partial charge in [-0.05, 0) is 36.8 Å². The third-order valence-corrected chi connectivity index (χ3v) is 4.13. The summed E-state index contributed by atoms with van der Waals surface area (Å²) in [5.41, 5.74) is 3.05. The molecule has 0 saturated carbocycles. The standard InChI is InChI=1S/C16H15Cl2N3/c1-11(12-6-9-19-10-7-12)21-14-4-2-3-13(18)16(14)20-15(21)5-8-17/h2-4,6-7,9-11H,5,8H2,1H3. The van der Waals surface area contributed by atoms with Crippen molar-refractivity contribution in [1.82, 2.24) is 14.5 Å². The van der Waals surface area contributed by atoms with E-state index in [1.807, 2.05) is 30.3 Å². The molecule has 0 fully saturated rings. The Morgan fingerprint density at radius 1 is 1.19 bits per heavy atom. The molecule has 2 aromatic heterocycles. The van der Waals surface area contributed by atoms with E-state index in [-0.39, 0.29) is 6.04 Å². The first-order chi connectivity index (χ1) is 10.2. The molecule has 0 aliphatic carbocycles. The maximum absolute atomic E-state index is 6.27. The Bertz CT molecular complexity index is 753. The number of nitrogens with zero attached hydrogens (tertiary/aromatic N) is 3. The van der Waals surface area contributed by atoms with Crippen LogP contribution in [0.15, 0.2) is 42.7 Å². The summed E-state index contributed by atoms with van der Waals surface area (Å²) in [6, 6.07) is 10.0. The molecule has 0 radical (unpaired) electrons. The van der Waals surface area contributed by atoms with E-state index >= 15 is 0 Å². The lowest BCUT2D eigenvalue weighted by Crippen LogP contribution is -2.11. The van der Waals surface area contributed by atoms with Gasteiger partial charge >= 0.3 is 0 Å². The smallest absolute Gasteiger partial charge is 0.111 e. The molecule has 108 valence electrons. The number of fused-ring (bicyclic) bond motifs is 1. The quantitative estimate of drug-likeness (QED) is 0.664. The van der Waals surface area contributed by atoms with Gasteiger partial charge in [-0.2, -0.15) is 0 Å². The zero-order valence-electron chi connectivity index (χ0n) is 11.6. The number of halogens is 2. The Kier molecular flexibility index (Phi) is 4.13. The highest BCUT2D eigenvalue weighted by molar-refractivity contribution is 6.34. The van der Waals surface area contributed by atoms with Gasteiger partial charge in [0.2, 0.25) is 0 Å². The van der Waals surface area contributed by atoms with E-state index in [0.29, 0.717) is 17.3 Å². The number of pyridine rings is 1. The molecule has 1 atom stereocenters. The molecule has 0 aliphatic heterocycles. The van der Waals surface area contributed by atoms with Gasteiger partial charge in [0.15, 0.2) is 0 Å². The topological polar surface area (TPSA) is 30.7 Å². The summed E-state index contributed by atoms with van der Waals surface area (Å²) >= 11 is 12.2. The van der Waals surface area contributed by atoms with Crippen molar-refractivity contribution < 1.29 is 0 Å². The molecule has 2 heterocycles. The van der Waals surface area contributed by atoms with E-state index in [0.717, 1.165) is 16.9 Å². The Balaban J connectivity index is 2.20. The second kappa shape index (κ2) is 6.04. The Hall–Kier alpha value is -1.58. The highest BCUT2D eigenvalue weighted by atomic mass is 35.5. The number of aryl methyl sites for hydroxylation is 1. The van der Waals surface area contributed by atoms with Gasteiger partial charge < -0.3 is 4.57 Å². The minimum absolute atomic E-state index is 0.148. The molecule has 5 heteroatoms. The van der Waals surface area contributed by atoms with Gasteiger partial charge in [0, 0.05) is 24.7 Å². The van der Waals surface area contributed by atoms with Crippen molar-refractivity contribution in [2.75, 3.05) is 5.88 Å². The monoisotopic (exact) mass is 319 g/mol. The molecule has 0 N–H and O–H groups in total. The summed E-state index contributed by atoms with van der Waals surface area (Å²) in [6.07, 6.45) is 4.32. The first-order valence-corrected chi connectivity index (χ1v) is 7.75. The normalized spacial score (nSPS) is 12.7. The predicted octanol–water partition coefficient (Wildman–Crippen LogP) is 4.48. The molecule has 0 spiro atoms. The van der Waals surface area contributed by atoms with Crippen LogP contribution < -0.4 is 0 Å². The molecule has 0 amide bonds. The first-order valence-electron chi connectivity index (χ1n) is 6.83. The van der Waals surface area contributed by atoms with E-state index in [4.69, 9.17) is 23.2 Å². The van der Waals surface area contributed by atoms with E-state index in [9.17, 15) is 0 Å². The van der Waals surface area contributed by atoms with Crippen LogP contribution >= 0.6 is 23.2 Å². The van der Waals surface area contributed by atoms with Crippen LogP contribution in [0.5, 0.6) is 0 Å². The van der Waals surface area contributed by atoms with Crippen molar-refractivity contribution in [2.24, 2.45) is 0 Å². The first kappa shape index (κ1) is 14.4. The molecular weight excluding hydrogens is 305 g/mol. The van der Waals surface area contributed by atoms with Crippen molar-refractivity contribution in [2.45, 2.75) is 19.4 Å². The lowest BCUT2D eigenvalue weighted by Gasteiger charge is -2.17. The largest absolute Gasteiger partial charge is 0.321 e. The van der Waals surface area contributed by atoms with E-state index < -0.39 is 0 Å². The van der Waals surface area contributed by atoms with Gasteiger partial charge in [-0.25, -0.2) is 4.98 Å². The van der Waals surface area contributed by atoms with Gasteiger partial charge in [-0.15, -0.1) is 11.6 Å². The lowest BCUT2D eigenvalue weighted by molar-refractivity contribution is 0.623. The van der Waals surface area contributed by atoms with Crippen LogP contribution in [0, 0.1) is 0 Å². The van der Waals surface area contributed by atoms with Crippen LogP contribution in [-0.2, 0) is 6.42 Å². The zero-order valence-corrected chi connectivity index (χ0v) is 13.1. The number of alkyl halides is 1. The average Bonchev–Trinajstić information content (AvgIpc) is 2.87. The zero-order chi connectivity index (χ0) is 14.8. The number of para-hydroxylation sites is 1. The number of benzene rings is 1. The van der Waals surface area contributed by atoms with E-state index in [1.165, 1.54) is 5.56 Å². The highest BCUT2D eigenvalue weighted by Crippen LogP contribution is 2.29.